The minimum absolute atomic E-state index is 0.135. The van der Waals surface area contributed by atoms with E-state index in [1.165, 1.54) is 16.9 Å². The zero-order chi connectivity index (χ0) is 13.4. The number of thioether (sulfide) groups is 2. The first-order valence-corrected chi connectivity index (χ1v) is 9.55. The lowest BCUT2D eigenvalue weighted by atomic mass is 10.2. The molecule has 3 rings (SSSR count). The zero-order valence-electron chi connectivity index (χ0n) is 11.1. The summed E-state index contributed by atoms with van der Waals surface area (Å²) in [6.07, 6.45) is 5.45. The van der Waals surface area contributed by atoms with Crippen LogP contribution in [0.4, 0.5) is 0 Å². The molecule has 102 valence electrons. The Kier molecular flexibility index (Phi) is 3.91. The van der Waals surface area contributed by atoms with Gasteiger partial charge in [-0.2, -0.15) is 11.8 Å². The average Bonchev–Trinajstić information content (AvgIpc) is 2.95. The molecule has 0 unspecified atom stereocenters. The molecule has 0 N–H and O–H groups in total. The van der Waals surface area contributed by atoms with Gasteiger partial charge in [-0.3, -0.25) is 9.36 Å². The van der Waals surface area contributed by atoms with Crippen molar-refractivity contribution in [2.24, 2.45) is 7.05 Å². The zero-order valence-corrected chi connectivity index (χ0v) is 13.5. The molecule has 0 bridgehead atoms. The number of aryl methyl sites for hydroxylation is 2. The van der Waals surface area contributed by atoms with E-state index < -0.39 is 0 Å². The number of nitrogens with zero attached hydrogens (tertiary/aromatic N) is 2. The van der Waals surface area contributed by atoms with E-state index in [0.29, 0.717) is 0 Å². The van der Waals surface area contributed by atoms with Crippen LogP contribution in [0.25, 0.3) is 10.2 Å². The maximum atomic E-state index is 12.5. The Morgan fingerprint density at radius 2 is 2.21 bits per heavy atom. The third kappa shape index (κ3) is 2.34. The van der Waals surface area contributed by atoms with E-state index in [-0.39, 0.29) is 5.56 Å². The summed E-state index contributed by atoms with van der Waals surface area (Å²) in [5.74, 6) is 2.08. The molecular weight excluding hydrogens is 296 g/mol. The quantitative estimate of drug-likeness (QED) is 0.494. The summed E-state index contributed by atoms with van der Waals surface area (Å²) >= 11 is 5.22. The second-order valence-corrected chi connectivity index (χ2v) is 7.77. The molecule has 2 aromatic rings. The van der Waals surface area contributed by atoms with Gasteiger partial charge in [-0.15, -0.1) is 11.3 Å². The number of thiophene rings is 1. The van der Waals surface area contributed by atoms with Crippen molar-refractivity contribution in [2.75, 3.05) is 17.8 Å². The molecule has 0 atom stereocenters. The molecular formula is C13H16N2OS3. The number of fused-ring (bicyclic) bond motifs is 3. The monoisotopic (exact) mass is 312 g/mol. The average molecular weight is 312 g/mol. The van der Waals surface area contributed by atoms with Crippen LogP contribution in [0.15, 0.2) is 9.95 Å². The second kappa shape index (κ2) is 5.50. The van der Waals surface area contributed by atoms with Gasteiger partial charge in [-0.25, -0.2) is 4.98 Å². The summed E-state index contributed by atoms with van der Waals surface area (Å²) in [4.78, 5) is 19.5. The third-order valence-corrected chi connectivity index (χ3v) is 6.51. The number of rotatable bonds is 4. The molecule has 0 aromatic carbocycles. The third-order valence-electron chi connectivity index (χ3n) is 3.42. The molecule has 0 saturated carbocycles. The van der Waals surface area contributed by atoms with Gasteiger partial charge < -0.3 is 0 Å². The predicted octanol–water partition coefficient (Wildman–Crippen LogP) is 2.94. The van der Waals surface area contributed by atoms with E-state index >= 15 is 0 Å². The van der Waals surface area contributed by atoms with Gasteiger partial charge in [0, 0.05) is 23.4 Å². The first-order chi connectivity index (χ1) is 9.22. The molecule has 3 nitrogen and oxygen atoms in total. The summed E-state index contributed by atoms with van der Waals surface area (Å²) in [6, 6.07) is 0. The highest BCUT2D eigenvalue weighted by Crippen LogP contribution is 2.35. The highest BCUT2D eigenvalue weighted by Gasteiger charge is 2.22. The molecule has 2 heterocycles. The van der Waals surface area contributed by atoms with Crippen molar-refractivity contribution < 1.29 is 0 Å². The van der Waals surface area contributed by atoms with Crippen LogP contribution in [0.5, 0.6) is 0 Å². The molecule has 0 fully saturated rings. The molecule has 19 heavy (non-hydrogen) atoms. The van der Waals surface area contributed by atoms with Gasteiger partial charge in [-0.1, -0.05) is 11.8 Å². The highest BCUT2D eigenvalue weighted by atomic mass is 32.2. The summed E-state index contributed by atoms with van der Waals surface area (Å²) in [7, 11) is 1.84. The first kappa shape index (κ1) is 13.5. The van der Waals surface area contributed by atoms with Crippen molar-refractivity contribution in [1.82, 2.24) is 9.55 Å². The molecule has 0 spiro atoms. The molecule has 1 aliphatic carbocycles. The van der Waals surface area contributed by atoms with Crippen molar-refractivity contribution in [3.05, 3.63) is 20.8 Å². The fourth-order valence-corrected chi connectivity index (χ4v) is 5.38. The summed E-state index contributed by atoms with van der Waals surface area (Å²) in [5, 5.41) is 1.74. The summed E-state index contributed by atoms with van der Waals surface area (Å²) < 4.78 is 1.72. The van der Waals surface area contributed by atoms with Gasteiger partial charge in [-0.05, 0) is 31.1 Å². The Morgan fingerprint density at radius 3 is 3.00 bits per heavy atom. The van der Waals surface area contributed by atoms with Crippen molar-refractivity contribution >= 4 is 45.1 Å². The van der Waals surface area contributed by atoms with Crippen LogP contribution in [0.3, 0.4) is 0 Å². The van der Waals surface area contributed by atoms with Gasteiger partial charge in [0.25, 0.3) is 5.56 Å². The molecule has 0 saturated heterocycles. The Hall–Kier alpha value is -0.460. The normalized spacial score (nSPS) is 14.2. The summed E-state index contributed by atoms with van der Waals surface area (Å²) in [5.41, 5.74) is 1.41. The Labute approximate surface area is 124 Å². The molecule has 6 heteroatoms. The highest BCUT2D eigenvalue weighted by molar-refractivity contribution is 8.02. The van der Waals surface area contributed by atoms with Gasteiger partial charge in [0.15, 0.2) is 5.16 Å². The van der Waals surface area contributed by atoms with Gasteiger partial charge in [0.05, 0.1) is 5.39 Å². The lowest BCUT2D eigenvalue weighted by Crippen LogP contribution is -2.20. The van der Waals surface area contributed by atoms with Crippen LogP contribution in [-0.4, -0.2) is 27.3 Å². The lowest BCUT2D eigenvalue weighted by molar-refractivity contribution is 0.727. The van der Waals surface area contributed by atoms with Crippen molar-refractivity contribution in [1.29, 1.82) is 0 Å². The van der Waals surface area contributed by atoms with Crippen LogP contribution in [-0.2, 0) is 19.9 Å². The van der Waals surface area contributed by atoms with E-state index in [1.807, 2.05) is 18.8 Å². The van der Waals surface area contributed by atoms with Crippen LogP contribution in [0.2, 0.25) is 0 Å². The van der Waals surface area contributed by atoms with Gasteiger partial charge >= 0.3 is 0 Å². The van der Waals surface area contributed by atoms with Crippen LogP contribution in [0.1, 0.15) is 16.9 Å². The van der Waals surface area contributed by atoms with E-state index in [0.717, 1.165) is 39.7 Å². The molecule has 2 aromatic heterocycles. The minimum Gasteiger partial charge on any atom is -0.290 e. The van der Waals surface area contributed by atoms with Crippen LogP contribution < -0.4 is 5.56 Å². The number of hydrogen-bond acceptors (Lipinski definition) is 5. The predicted molar refractivity (Wildman–Crippen MR) is 86.0 cm³/mol. The standard InChI is InChI=1S/C13H16N2OS3/c1-15-12(16)10-8-4-3-5-9(8)19-11(10)14-13(15)18-7-6-17-2/h3-7H2,1-2H3. The smallest absolute Gasteiger partial charge is 0.262 e. The number of hydrogen-bond donors (Lipinski definition) is 0. The fraction of sp³-hybridized carbons (Fsp3) is 0.538. The lowest BCUT2D eigenvalue weighted by Gasteiger charge is -2.06. The fourth-order valence-electron chi connectivity index (χ4n) is 2.45. The molecule has 0 radical (unpaired) electrons. The second-order valence-electron chi connectivity index (χ2n) is 4.64. The molecule has 0 amide bonds. The largest absolute Gasteiger partial charge is 0.290 e. The maximum Gasteiger partial charge on any atom is 0.262 e. The maximum absolute atomic E-state index is 12.5. The van der Waals surface area contributed by atoms with E-state index in [9.17, 15) is 4.79 Å². The Balaban J connectivity index is 2.07. The number of aromatic nitrogens is 2. The van der Waals surface area contributed by atoms with Crippen molar-refractivity contribution in [2.45, 2.75) is 24.4 Å². The van der Waals surface area contributed by atoms with Crippen molar-refractivity contribution in [3.8, 4) is 0 Å². The van der Waals surface area contributed by atoms with Crippen LogP contribution in [0, 0.1) is 0 Å². The minimum atomic E-state index is 0.135. The topological polar surface area (TPSA) is 34.9 Å². The van der Waals surface area contributed by atoms with E-state index in [1.54, 1.807) is 27.7 Å². The van der Waals surface area contributed by atoms with Gasteiger partial charge in [0.2, 0.25) is 0 Å². The van der Waals surface area contributed by atoms with Gasteiger partial charge in [0.1, 0.15) is 4.83 Å². The summed E-state index contributed by atoms with van der Waals surface area (Å²) in [6.45, 7) is 0. The van der Waals surface area contributed by atoms with E-state index in [4.69, 9.17) is 4.98 Å². The Bertz CT molecular complexity index is 675. The van der Waals surface area contributed by atoms with E-state index in [2.05, 4.69) is 6.26 Å². The Morgan fingerprint density at radius 1 is 1.37 bits per heavy atom. The molecule has 1 aliphatic rings. The molecule has 0 aliphatic heterocycles. The SMILES string of the molecule is CSCCSc1nc2sc3c(c2c(=O)n1C)CCC3. The van der Waals surface area contributed by atoms with Crippen LogP contribution >= 0.6 is 34.9 Å². The van der Waals surface area contributed by atoms with Crippen molar-refractivity contribution in [3.63, 3.8) is 0 Å². The first-order valence-electron chi connectivity index (χ1n) is 6.35.